The van der Waals surface area contributed by atoms with Crippen LogP contribution in [0.1, 0.15) is 19.7 Å². The number of nitrogens with zero attached hydrogens (tertiary/aromatic N) is 4. The van der Waals surface area contributed by atoms with Crippen molar-refractivity contribution in [3.63, 3.8) is 0 Å². The van der Waals surface area contributed by atoms with Crippen LogP contribution in [0.4, 0.5) is 0 Å². The molecule has 1 aliphatic rings. The van der Waals surface area contributed by atoms with Gasteiger partial charge in [-0.2, -0.15) is 4.98 Å². The van der Waals surface area contributed by atoms with Gasteiger partial charge < -0.3 is 14.7 Å². The molecule has 3 rings (SSSR count). The van der Waals surface area contributed by atoms with E-state index in [2.05, 4.69) is 20.4 Å². The van der Waals surface area contributed by atoms with Crippen molar-refractivity contribution in [2.24, 2.45) is 0 Å². The standard InChI is InChI=1S/C16H19N5O3S/c1-16(2)15(23)18-11(9-25-16)14(22)21(3)8-12-19-13(20-24-12)10-4-6-17-7-5-10/h4-7,11H,8-9H2,1-3H3,(H,18,23). The van der Waals surface area contributed by atoms with E-state index in [4.69, 9.17) is 4.52 Å². The molecule has 0 radical (unpaired) electrons. The van der Waals surface area contributed by atoms with Gasteiger partial charge in [-0.05, 0) is 26.0 Å². The van der Waals surface area contributed by atoms with Crippen molar-refractivity contribution < 1.29 is 14.1 Å². The largest absolute Gasteiger partial charge is 0.342 e. The number of carbonyl (C=O) groups excluding carboxylic acids is 2. The maximum Gasteiger partial charge on any atom is 0.246 e. The minimum absolute atomic E-state index is 0.131. The maximum atomic E-state index is 12.5. The Morgan fingerprint density at radius 3 is 2.84 bits per heavy atom. The number of pyridine rings is 1. The van der Waals surface area contributed by atoms with E-state index in [0.717, 1.165) is 5.56 Å². The summed E-state index contributed by atoms with van der Waals surface area (Å²) in [6, 6.07) is 3.01. The van der Waals surface area contributed by atoms with Crippen molar-refractivity contribution in [1.29, 1.82) is 0 Å². The molecule has 2 aromatic rings. The molecular formula is C16H19N5O3S. The molecule has 132 valence electrons. The molecule has 1 aliphatic heterocycles. The van der Waals surface area contributed by atoms with Gasteiger partial charge in [0.15, 0.2) is 0 Å². The van der Waals surface area contributed by atoms with E-state index in [0.29, 0.717) is 17.5 Å². The monoisotopic (exact) mass is 361 g/mol. The zero-order chi connectivity index (χ0) is 18.0. The first-order chi connectivity index (χ1) is 11.9. The van der Waals surface area contributed by atoms with Crippen LogP contribution in [0.2, 0.25) is 0 Å². The first-order valence-corrected chi connectivity index (χ1v) is 8.78. The Hall–Kier alpha value is -2.42. The minimum Gasteiger partial charge on any atom is -0.342 e. The van der Waals surface area contributed by atoms with Crippen molar-refractivity contribution in [3.05, 3.63) is 30.4 Å². The van der Waals surface area contributed by atoms with Crippen LogP contribution < -0.4 is 5.32 Å². The van der Waals surface area contributed by atoms with Gasteiger partial charge in [0.1, 0.15) is 6.04 Å². The second-order valence-electron chi connectivity index (χ2n) is 6.29. The van der Waals surface area contributed by atoms with Gasteiger partial charge in [0.25, 0.3) is 0 Å². The summed E-state index contributed by atoms with van der Waals surface area (Å²) in [6.45, 7) is 3.87. The van der Waals surface area contributed by atoms with E-state index in [1.165, 1.54) is 16.7 Å². The summed E-state index contributed by atoms with van der Waals surface area (Å²) < 4.78 is 4.70. The van der Waals surface area contributed by atoms with E-state index in [1.54, 1.807) is 31.6 Å². The van der Waals surface area contributed by atoms with Gasteiger partial charge in [-0.1, -0.05) is 5.16 Å². The predicted octanol–water partition coefficient (Wildman–Crippen LogP) is 1.10. The molecule has 3 heterocycles. The number of aromatic nitrogens is 3. The number of likely N-dealkylation sites (N-methyl/N-ethyl adjacent to an activating group) is 1. The molecule has 1 fully saturated rings. The van der Waals surface area contributed by atoms with E-state index in [-0.39, 0.29) is 18.4 Å². The quantitative estimate of drug-likeness (QED) is 0.870. The smallest absolute Gasteiger partial charge is 0.246 e. The summed E-state index contributed by atoms with van der Waals surface area (Å²) in [5, 5.41) is 6.70. The number of nitrogens with one attached hydrogen (secondary N) is 1. The molecule has 0 aromatic carbocycles. The fraction of sp³-hybridized carbons (Fsp3) is 0.438. The second-order valence-corrected chi connectivity index (χ2v) is 7.93. The number of carbonyl (C=O) groups is 2. The van der Waals surface area contributed by atoms with E-state index in [9.17, 15) is 9.59 Å². The molecule has 0 aliphatic carbocycles. The van der Waals surface area contributed by atoms with Crippen LogP contribution in [0.15, 0.2) is 29.0 Å². The van der Waals surface area contributed by atoms with Crippen LogP contribution in [0.3, 0.4) is 0 Å². The third-order valence-corrected chi connectivity index (χ3v) is 5.32. The molecule has 9 heteroatoms. The van der Waals surface area contributed by atoms with Gasteiger partial charge in [-0.15, -0.1) is 11.8 Å². The number of hydrogen-bond acceptors (Lipinski definition) is 7. The SMILES string of the molecule is CN(Cc1nc(-c2ccncc2)no1)C(=O)C1CSC(C)(C)C(=O)N1. The molecule has 1 saturated heterocycles. The minimum atomic E-state index is -0.543. The summed E-state index contributed by atoms with van der Waals surface area (Å²) in [4.78, 5) is 34.3. The lowest BCUT2D eigenvalue weighted by molar-refractivity contribution is -0.136. The van der Waals surface area contributed by atoms with Crippen LogP contribution in [0, 0.1) is 0 Å². The molecule has 2 amide bonds. The average molecular weight is 361 g/mol. The summed E-state index contributed by atoms with van der Waals surface area (Å²) in [5.74, 6) is 1.00. The van der Waals surface area contributed by atoms with Crippen molar-refractivity contribution in [2.75, 3.05) is 12.8 Å². The Bertz CT molecular complexity index is 777. The number of thioether (sulfide) groups is 1. The fourth-order valence-corrected chi connectivity index (χ4v) is 3.35. The van der Waals surface area contributed by atoms with Crippen molar-refractivity contribution in [2.45, 2.75) is 31.2 Å². The molecule has 8 nitrogen and oxygen atoms in total. The van der Waals surface area contributed by atoms with Crippen LogP contribution in [-0.4, -0.2) is 55.4 Å². The van der Waals surface area contributed by atoms with Gasteiger partial charge in [0.2, 0.25) is 23.5 Å². The first-order valence-electron chi connectivity index (χ1n) is 7.80. The molecule has 2 aromatic heterocycles. The molecule has 1 atom stereocenters. The summed E-state index contributed by atoms with van der Waals surface area (Å²) in [7, 11) is 1.65. The summed E-state index contributed by atoms with van der Waals surface area (Å²) >= 11 is 1.47. The van der Waals surface area contributed by atoms with E-state index >= 15 is 0 Å². The van der Waals surface area contributed by atoms with Crippen molar-refractivity contribution >= 4 is 23.6 Å². The van der Waals surface area contributed by atoms with Gasteiger partial charge in [0, 0.05) is 30.8 Å². The highest BCUT2D eigenvalue weighted by molar-refractivity contribution is 8.01. The predicted molar refractivity (Wildman–Crippen MR) is 92.5 cm³/mol. The van der Waals surface area contributed by atoms with Gasteiger partial charge in [-0.3, -0.25) is 14.6 Å². The third kappa shape index (κ3) is 3.81. The highest BCUT2D eigenvalue weighted by Crippen LogP contribution is 2.29. The highest BCUT2D eigenvalue weighted by Gasteiger charge is 2.38. The van der Waals surface area contributed by atoms with Crippen LogP contribution in [-0.2, 0) is 16.1 Å². The number of hydrogen-bond donors (Lipinski definition) is 1. The Labute approximate surface area is 149 Å². The van der Waals surface area contributed by atoms with E-state index in [1.807, 2.05) is 13.8 Å². The lowest BCUT2D eigenvalue weighted by Crippen LogP contribution is -2.57. The topological polar surface area (TPSA) is 101 Å². The molecule has 0 spiro atoms. The maximum absolute atomic E-state index is 12.5. The average Bonchev–Trinajstić information content (AvgIpc) is 3.06. The Kier molecular flexibility index (Phi) is 4.76. The normalized spacial score (nSPS) is 19.3. The molecule has 1 unspecified atom stereocenters. The van der Waals surface area contributed by atoms with Crippen LogP contribution in [0.25, 0.3) is 11.4 Å². The van der Waals surface area contributed by atoms with Crippen LogP contribution in [0.5, 0.6) is 0 Å². The van der Waals surface area contributed by atoms with Gasteiger partial charge >= 0.3 is 0 Å². The van der Waals surface area contributed by atoms with Gasteiger partial charge in [0.05, 0.1) is 11.3 Å². The number of rotatable bonds is 4. The Morgan fingerprint density at radius 2 is 2.16 bits per heavy atom. The second kappa shape index (κ2) is 6.83. The zero-order valence-corrected chi connectivity index (χ0v) is 15.0. The zero-order valence-electron chi connectivity index (χ0n) is 14.2. The molecule has 25 heavy (non-hydrogen) atoms. The lowest BCUT2D eigenvalue weighted by atomic mass is 10.1. The third-order valence-electron chi connectivity index (χ3n) is 3.92. The first kappa shape index (κ1) is 17.4. The number of amides is 2. The lowest BCUT2D eigenvalue weighted by Gasteiger charge is -2.34. The summed E-state index contributed by atoms with van der Waals surface area (Å²) in [5.41, 5.74) is 0.789. The summed E-state index contributed by atoms with van der Waals surface area (Å²) in [6.07, 6.45) is 3.29. The Balaban J connectivity index is 1.63. The molecule has 1 N–H and O–H groups in total. The van der Waals surface area contributed by atoms with Gasteiger partial charge in [-0.25, -0.2) is 0 Å². The van der Waals surface area contributed by atoms with Crippen LogP contribution >= 0.6 is 11.8 Å². The fourth-order valence-electron chi connectivity index (χ4n) is 2.35. The van der Waals surface area contributed by atoms with Crippen molar-refractivity contribution in [3.8, 4) is 11.4 Å². The van der Waals surface area contributed by atoms with E-state index < -0.39 is 10.8 Å². The highest BCUT2D eigenvalue weighted by atomic mass is 32.2. The Morgan fingerprint density at radius 1 is 1.44 bits per heavy atom. The molecule has 0 saturated carbocycles. The molecule has 0 bridgehead atoms. The van der Waals surface area contributed by atoms with Crippen molar-refractivity contribution in [1.82, 2.24) is 25.3 Å². The molecular weight excluding hydrogens is 342 g/mol.